The number of benzene rings is 1. The number of hydrogen-bond donors (Lipinski definition) is 1. The molecule has 2 heterocycles. The summed E-state index contributed by atoms with van der Waals surface area (Å²) >= 11 is 0. The van der Waals surface area contributed by atoms with E-state index in [2.05, 4.69) is 22.6 Å². The Kier molecular flexibility index (Phi) is 2.40. The zero-order valence-corrected chi connectivity index (χ0v) is 9.49. The summed E-state index contributed by atoms with van der Waals surface area (Å²) in [4.78, 5) is 0. The number of fused-ring (bicyclic) bond motifs is 1. The van der Waals surface area contributed by atoms with Crippen molar-refractivity contribution in [2.24, 2.45) is 5.92 Å². The summed E-state index contributed by atoms with van der Waals surface area (Å²) in [6.45, 7) is 4.31. The summed E-state index contributed by atoms with van der Waals surface area (Å²) in [5, 5.41) is 8.54. The highest BCUT2D eigenvalue weighted by Gasteiger charge is 2.15. The molecule has 1 aliphatic heterocycles. The first kappa shape index (κ1) is 9.85. The largest absolute Gasteiger partial charge is 0.356 e. The van der Waals surface area contributed by atoms with Crippen LogP contribution in [0.3, 0.4) is 0 Å². The number of aromatic nitrogens is 1. The zero-order chi connectivity index (χ0) is 11.0. The average Bonchev–Trinajstić information content (AvgIpc) is 2.90. The summed E-state index contributed by atoms with van der Waals surface area (Å²) in [6.07, 6.45) is 2.45. The lowest BCUT2D eigenvalue weighted by molar-refractivity contribution is 0.450. The highest BCUT2D eigenvalue weighted by molar-refractivity contribution is 5.79. The van der Waals surface area contributed by atoms with Gasteiger partial charge in [0.15, 0.2) is 5.58 Å². The van der Waals surface area contributed by atoms with Gasteiger partial charge < -0.3 is 9.84 Å². The van der Waals surface area contributed by atoms with Crippen molar-refractivity contribution < 1.29 is 4.52 Å². The Bertz CT molecular complexity index is 498. The third-order valence-electron chi connectivity index (χ3n) is 3.40. The second-order valence-electron chi connectivity index (χ2n) is 4.66. The monoisotopic (exact) mass is 216 g/mol. The second-order valence-corrected chi connectivity index (χ2v) is 4.66. The maximum Gasteiger partial charge on any atom is 0.167 e. The smallest absolute Gasteiger partial charge is 0.167 e. The minimum atomic E-state index is 0.789. The molecule has 1 aromatic heterocycles. The fourth-order valence-corrected chi connectivity index (χ4v) is 2.46. The fraction of sp³-hybridized carbons (Fsp3) is 0.462. The van der Waals surface area contributed by atoms with Crippen LogP contribution in [0.2, 0.25) is 0 Å². The first-order chi connectivity index (χ1) is 7.83. The third-order valence-corrected chi connectivity index (χ3v) is 3.40. The molecule has 1 aromatic carbocycles. The molecule has 3 nitrogen and oxygen atoms in total. The lowest BCUT2D eigenvalue weighted by Gasteiger charge is -2.07. The molecule has 16 heavy (non-hydrogen) atoms. The Balaban J connectivity index is 1.88. The van der Waals surface area contributed by atoms with E-state index < -0.39 is 0 Å². The molecule has 2 aromatic rings. The molecule has 1 atom stereocenters. The predicted molar refractivity (Wildman–Crippen MR) is 63.4 cm³/mol. The summed E-state index contributed by atoms with van der Waals surface area (Å²) in [6, 6.07) is 6.41. The molecule has 0 saturated carbocycles. The zero-order valence-electron chi connectivity index (χ0n) is 9.49. The van der Waals surface area contributed by atoms with E-state index in [1.54, 1.807) is 0 Å². The van der Waals surface area contributed by atoms with E-state index in [-0.39, 0.29) is 0 Å². The Hall–Kier alpha value is -1.35. The number of hydrogen-bond acceptors (Lipinski definition) is 3. The first-order valence-corrected chi connectivity index (χ1v) is 5.88. The van der Waals surface area contributed by atoms with E-state index in [0.29, 0.717) is 0 Å². The Morgan fingerprint density at radius 1 is 1.50 bits per heavy atom. The predicted octanol–water partition coefficient (Wildman–Crippen LogP) is 2.29. The molecule has 84 valence electrons. The molecule has 0 aliphatic carbocycles. The van der Waals surface area contributed by atoms with Gasteiger partial charge in [0, 0.05) is 5.39 Å². The lowest BCUT2D eigenvalue weighted by Crippen LogP contribution is -2.10. The van der Waals surface area contributed by atoms with Crippen molar-refractivity contribution in [3.8, 4) is 0 Å². The normalized spacial score (nSPS) is 20.7. The molecule has 3 rings (SSSR count). The number of rotatable bonds is 2. The molecule has 1 unspecified atom stereocenters. The van der Waals surface area contributed by atoms with Crippen LogP contribution in [0.5, 0.6) is 0 Å². The maximum absolute atomic E-state index is 5.21. The molecule has 0 spiro atoms. The summed E-state index contributed by atoms with van der Waals surface area (Å²) < 4.78 is 5.21. The molecule has 1 aliphatic rings. The Labute approximate surface area is 94.8 Å². The fourth-order valence-electron chi connectivity index (χ4n) is 2.46. The van der Waals surface area contributed by atoms with E-state index >= 15 is 0 Å². The molecule has 1 N–H and O–H groups in total. The van der Waals surface area contributed by atoms with Gasteiger partial charge in [0.25, 0.3) is 0 Å². The van der Waals surface area contributed by atoms with Crippen molar-refractivity contribution in [1.82, 2.24) is 10.5 Å². The van der Waals surface area contributed by atoms with Gasteiger partial charge in [-0.15, -0.1) is 0 Å². The summed E-state index contributed by atoms with van der Waals surface area (Å²) in [7, 11) is 0. The van der Waals surface area contributed by atoms with Gasteiger partial charge in [0.05, 0.1) is 5.69 Å². The van der Waals surface area contributed by atoms with Gasteiger partial charge in [0.1, 0.15) is 0 Å². The topological polar surface area (TPSA) is 38.1 Å². The SMILES string of the molecule is Cc1noc2ccc(CC3CCNC3)cc12. The third kappa shape index (κ3) is 1.71. The Morgan fingerprint density at radius 2 is 2.44 bits per heavy atom. The van der Waals surface area contributed by atoms with Crippen LogP contribution in [0.25, 0.3) is 11.0 Å². The van der Waals surface area contributed by atoms with Crippen LogP contribution in [0.4, 0.5) is 0 Å². The van der Waals surface area contributed by atoms with Crippen LogP contribution in [0, 0.1) is 12.8 Å². The van der Waals surface area contributed by atoms with Gasteiger partial charge in [-0.05, 0) is 56.5 Å². The molecule has 1 fully saturated rings. The van der Waals surface area contributed by atoms with Crippen LogP contribution in [0.1, 0.15) is 17.7 Å². The van der Waals surface area contributed by atoms with Gasteiger partial charge in [-0.25, -0.2) is 0 Å². The molecule has 0 bridgehead atoms. The molecule has 0 radical (unpaired) electrons. The second kappa shape index (κ2) is 3.91. The van der Waals surface area contributed by atoms with E-state index in [0.717, 1.165) is 35.5 Å². The van der Waals surface area contributed by atoms with Gasteiger partial charge in [-0.3, -0.25) is 0 Å². The van der Waals surface area contributed by atoms with E-state index in [4.69, 9.17) is 4.52 Å². The Morgan fingerprint density at radius 3 is 3.25 bits per heavy atom. The number of nitrogens with one attached hydrogen (secondary N) is 1. The van der Waals surface area contributed by atoms with Crippen molar-refractivity contribution >= 4 is 11.0 Å². The first-order valence-electron chi connectivity index (χ1n) is 5.88. The van der Waals surface area contributed by atoms with Crippen LogP contribution in [-0.4, -0.2) is 18.2 Å². The molecule has 3 heteroatoms. The van der Waals surface area contributed by atoms with Crippen molar-refractivity contribution in [3.05, 3.63) is 29.5 Å². The highest BCUT2D eigenvalue weighted by atomic mass is 16.5. The van der Waals surface area contributed by atoms with Crippen molar-refractivity contribution in [2.45, 2.75) is 19.8 Å². The summed E-state index contributed by atoms with van der Waals surface area (Å²) in [5.41, 5.74) is 3.28. The quantitative estimate of drug-likeness (QED) is 0.837. The summed E-state index contributed by atoms with van der Waals surface area (Å²) in [5.74, 6) is 0.789. The standard InChI is InChI=1S/C13H16N2O/c1-9-12-7-10(2-3-13(12)16-15-9)6-11-4-5-14-8-11/h2-3,7,11,14H,4-6,8H2,1H3. The van der Waals surface area contributed by atoms with Gasteiger partial charge >= 0.3 is 0 Å². The lowest BCUT2D eigenvalue weighted by atomic mass is 9.98. The van der Waals surface area contributed by atoms with Gasteiger partial charge in [-0.2, -0.15) is 0 Å². The van der Waals surface area contributed by atoms with Crippen LogP contribution < -0.4 is 5.32 Å². The number of nitrogens with zero attached hydrogens (tertiary/aromatic N) is 1. The van der Waals surface area contributed by atoms with E-state index in [1.165, 1.54) is 18.5 Å². The van der Waals surface area contributed by atoms with Gasteiger partial charge in [0.2, 0.25) is 0 Å². The van der Waals surface area contributed by atoms with Crippen molar-refractivity contribution in [2.75, 3.05) is 13.1 Å². The minimum absolute atomic E-state index is 0.789. The highest BCUT2D eigenvalue weighted by Crippen LogP contribution is 2.22. The minimum Gasteiger partial charge on any atom is -0.356 e. The molecule has 1 saturated heterocycles. The van der Waals surface area contributed by atoms with E-state index in [9.17, 15) is 0 Å². The average molecular weight is 216 g/mol. The van der Waals surface area contributed by atoms with E-state index in [1.807, 2.05) is 13.0 Å². The molecular formula is C13H16N2O. The van der Waals surface area contributed by atoms with Crippen LogP contribution >= 0.6 is 0 Å². The van der Waals surface area contributed by atoms with Gasteiger partial charge in [-0.1, -0.05) is 11.2 Å². The molecule has 0 amide bonds. The van der Waals surface area contributed by atoms with Crippen molar-refractivity contribution in [1.29, 1.82) is 0 Å². The van der Waals surface area contributed by atoms with Crippen LogP contribution in [-0.2, 0) is 6.42 Å². The van der Waals surface area contributed by atoms with Crippen LogP contribution in [0.15, 0.2) is 22.7 Å². The maximum atomic E-state index is 5.21. The molecular weight excluding hydrogens is 200 g/mol. The number of aryl methyl sites for hydroxylation is 1. The van der Waals surface area contributed by atoms with Crippen molar-refractivity contribution in [3.63, 3.8) is 0 Å².